The molecule has 90 valence electrons. The fourth-order valence-corrected chi connectivity index (χ4v) is 3.72. The van der Waals surface area contributed by atoms with Gasteiger partial charge in [-0.2, -0.15) is 0 Å². The average molecular weight is 212 g/mol. The molecule has 0 saturated heterocycles. The van der Waals surface area contributed by atoms with Gasteiger partial charge in [0.1, 0.15) is 0 Å². The Morgan fingerprint density at radius 1 is 1.00 bits per heavy atom. The zero-order chi connectivity index (χ0) is 11.9. The van der Waals surface area contributed by atoms with Gasteiger partial charge in [0.25, 0.3) is 0 Å². The minimum atomic E-state index is -0.121. The average Bonchev–Trinajstić information content (AvgIpc) is 1.96. The summed E-state index contributed by atoms with van der Waals surface area (Å²) in [6.45, 7) is 13.6. The highest BCUT2D eigenvalue weighted by Gasteiger charge is 2.41. The predicted octanol–water partition coefficient (Wildman–Crippen LogP) is 3.86. The summed E-state index contributed by atoms with van der Waals surface area (Å²) in [7, 11) is 0. The maximum Gasteiger partial charge on any atom is 0.0591 e. The molecule has 0 aromatic rings. The van der Waals surface area contributed by atoms with Crippen molar-refractivity contribution in [1.82, 2.24) is 0 Å². The van der Waals surface area contributed by atoms with Gasteiger partial charge in [-0.25, -0.2) is 0 Å². The van der Waals surface area contributed by atoms with Crippen LogP contribution >= 0.6 is 0 Å². The van der Waals surface area contributed by atoms with E-state index in [1.807, 2.05) is 0 Å². The second-order valence-corrected chi connectivity index (χ2v) is 7.41. The first-order valence-electron chi connectivity index (χ1n) is 6.31. The molecule has 1 rings (SSSR count). The first-order chi connectivity index (χ1) is 6.63. The maximum atomic E-state index is 10.2. The Kier molecular flexibility index (Phi) is 3.55. The molecule has 1 aliphatic carbocycles. The number of rotatable bonds is 2. The summed E-state index contributed by atoms with van der Waals surface area (Å²) in [6, 6.07) is 0. The van der Waals surface area contributed by atoms with Crippen molar-refractivity contribution in [1.29, 1.82) is 0 Å². The molecule has 1 unspecified atom stereocenters. The van der Waals surface area contributed by atoms with Crippen LogP contribution in [0.4, 0.5) is 0 Å². The van der Waals surface area contributed by atoms with Crippen molar-refractivity contribution >= 4 is 0 Å². The lowest BCUT2D eigenvalue weighted by Crippen LogP contribution is -2.40. The molecule has 0 radical (unpaired) electrons. The Labute approximate surface area is 95.3 Å². The van der Waals surface area contributed by atoms with Crippen molar-refractivity contribution in [2.24, 2.45) is 22.7 Å². The summed E-state index contributed by atoms with van der Waals surface area (Å²) in [6.07, 6.45) is 3.51. The number of hydrogen-bond donors (Lipinski definition) is 1. The number of aliphatic hydroxyl groups is 1. The maximum absolute atomic E-state index is 10.2. The molecule has 1 fully saturated rings. The largest absolute Gasteiger partial charge is 0.393 e. The number of hydrogen-bond acceptors (Lipinski definition) is 1. The van der Waals surface area contributed by atoms with E-state index in [0.29, 0.717) is 22.7 Å². The van der Waals surface area contributed by atoms with Gasteiger partial charge in [0.05, 0.1) is 6.10 Å². The van der Waals surface area contributed by atoms with Gasteiger partial charge in [-0.05, 0) is 41.9 Å². The summed E-state index contributed by atoms with van der Waals surface area (Å²) in [5.74, 6) is 0.878. The van der Waals surface area contributed by atoms with Crippen molar-refractivity contribution in [3.05, 3.63) is 0 Å². The fraction of sp³-hybridized carbons (Fsp3) is 1.00. The summed E-state index contributed by atoms with van der Waals surface area (Å²) >= 11 is 0. The first-order valence-corrected chi connectivity index (χ1v) is 6.31. The lowest BCUT2D eigenvalue weighted by molar-refractivity contribution is -0.0248. The molecular formula is C14H28O. The summed E-state index contributed by atoms with van der Waals surface area (Å²) in [5, 5.41) is 10.2. The normalized spacial score (nSPS) is 28.0. The van der Waals surface area contributed by atoms with Crippen molar-refractivity contribution in [3.63, 3.8) is 0 Å². The third kappa shape index (κ3) is 3.48. The highest BCUT2D eigenvalue weighted by molar-refractivity contribution is 4.91. The Balaban J connectivity index is 2.75. The standard InChI is InChI=1S/C14H28O/c1-10(2)12(15)11-7-13(3,4)9-14(5,6)8-11/h10-12,15H,7-9H2,1-6H3. The molecule has 0 aliphatic heterocycles. The van der Waals surface area contributed by atoms with Crippen molar-refractivity contribution < 1.29 is 5.11 Å². The fourth-order valence-electron chi connectivity index (χ4n) is 3.72. The van der Waals surface area contributed by atoms with Gasteiger partial charge in [0.2, 0.25) is 0 Å². The van der Waals surface area contributed by atoms with E-state index >= 15 is 0 Å². The van der Waals surface area contributed by atoms with Gasteiger partial charge >= 0.3 is 0 Å². The van der Waals surface area contributed by atoms with Crippen molar-refractivity contribution in [3.8, 4) is 0 Å². The quantitative estimate of drug-likeness (QED) is 0.737. The molecule has 0 aromatic carbocycles. The van der Waals surface area contributed by atoms with Crippen molar-refractivity contribution in [2.45, 2.75) is 66.9 Å². The smallest absolute Gasteiger partial charge is 0.0591 e. The molecule has 0 heterocycles. The molecule has 1 nitrogen and oxygen atoms in total. The van der Waals surface area contributed by atoms with Crippen LogP contribution in [0.1, 0.15) is 60.8 Å². The molecule has 0 spiro atoms. The van der Waals surface area contributed by atoms with Gasteiger partial charge in [-0.1, -0.05) is 41.5 Å². The molecule has 1 aliphatic rings. The molecule has 15 heavy (non-hydrogen) atoms. The summed E-state index contributed by atoms with van der Waals surface area (Å²) in [5.41, 5.74) is 0.782. The van der Waals surface area contributed by atoms with Crippen LogP contribution in [0.15, 0.2) is 0 Å². The SMILES string of the molecule is CC(C)C(O)C1CC(C)(C)CC(C)(C)C1. The van der Waals surface area contributed by atoms with Crippen molar-refractivity contribution in [2.75, 3.05) is 0 Å². The minimum absolute atomic E-state index is 0.121. The predicted molar refractivity (Wildman–Crippen MR) is 65.7 cm³/mol. The third-order valence-electron chi connectivity index (χ3n) is 3.75. The zero-order valence-corrected chi connectivity index (χ0v) is 11.3. The van der Waals surface area contributed by atoms with E-state index in [4.69, 9.17) is 0 Å². The van der Waals surface area contributed by atoms with Crippen LogP contribution in [0.2, 0.25) is 0 Å². The van der Waals surface area contributed by atoms with Gasteiger partial charge < -0.3 is 5.11 Å². The van der Waals surface area contributed by atoms with Crippen LogP contribution < -0.4 is 0 Å². The van der Waals surface area contributed by atoms with E-state index < -0.39 is 0 Å². The molecular weight excluding hydrogens is 184 g/mol. The van der Waals surface area contributed by atoms with Crippen LogP contribution in [0, 0.1) is 22.7 Å². The Morgan fingerprint density at radius 3 is 1.73 bits per heavy atom. The second-order valence-electron chi connectivity index (χ2n) is 7.41. The highest BCUT2D eigenvalue weighted by atomic mass is 16.3. The molecule has 0 amide bonds. The van der Waals surface area contributed by atoms with E-state index in [-0.39, 0.29) is 6.10 Å². The molecule has 1 saturated carbocycles. The second kappa shape index (κ2) is 4.08. The highest BCUT2D eigenvalue weighted by Crippen LogP contribution is 2.49. The van der Waals surface area contributed by atoms with Crippen LogP contribution in [-0.2, 0) is 0 Å². The van der Waals surface area contributed by atoms with E-state index in [1.54, 1.807) is 0 Å². The topological polar surface area (TPSA) is 20.2 Å². The van der Waals surface area contributed by atoms with Gasteiger partial charge in [-0.3, -0.25) is 0 Å². The van der Waals surface area contributed by atoms with Gasteiger partial charge in [0, 0.05) is 0 Å². The Morgan fingerprint density at radius 2 is 1.40 bits per heavy atom. The molecule has 0 aromatic heterocycles. The third-order valence-corrected chi connectivity index (χ3v) is 3.75. The monoisotopic (exact) mass is 212 g/mol. The molecule has 1 N–H and O–H groups in total. The van der Waals surface area contributed by atoms with Gasteiger partial charge in [0.15, 0.2) is 0 Å². The molecule has 0 bridgehead atoms. The Bertz CT molecular complexity index is 199. The van der Waals surface area contributed by atoms with E-state index in [2.05, 4.69) is 41.5 Å². The summed E-state index contributed by atoms with van der Waals surface area (Å²) in [4.78, 5) is 0. The van der Waals surface area contributed by atoms with Gasteiger partial charge in [-0.15, -0.1) is 0 Å². The van der Waals surface area contributed by atoms with E-state index in [1.165, 1.54) is 19.3 Å². The number of aliphatic hydroxyl groups excluding tert-OH is 1. The van der Waals surface area contributed by atoms with Crippen LogP contribution in [0.25, 0.3) is 0 Å². The van der Waals surface area contributed by atoms with Crippen LogP contribution in [0.5, 0.6) is 0 Å². The lowest BCUT2D eigenvalue weighted by Gasteiger charge is -2.47. The lowest BCUT2D eigenvalue weighted by atomic mass is 9.60. The minimum Gasteiger partial charge on any atom is -0.393 e. The Hall–Kier alpha value is -0.0400. The molecule has 1 heteroatoms. The van der Waals surface area contributed by atoms with Crippen LogP contribution in [-0.4, -0.2) is 11.2 Å². The zero-order valence-electron chi connectivity index (χ0n) is 11.3. The van der Waals surface area contributed by atoms with E-state index in [0.717, 1.165) is 0 Å². The van der Waals surface area contributed by atoms with Crippen LogP contribution in [0.3, 0.4) is 0 Å². The first kappa shape index (κ1) is 13.0. The van der Waals surface area contributed by atoms with E-state index in [9.17, 15) is 5.11 Å². The molecule has 1 atom stereocenters. The summed E-state index contributed by atoms with van der Waals surface area (Å²) < 4.78 is 0.